The number of fused-ring (bicyclic) bond motifs is 3. The standard InChI is InChI=1S/C29H42O8/c1-14(2)20-9-17-10-27(12-30)19-8-7-15(3)18(19)11-28(17,29(20,27)25(32)33)13-34-24-23-22(21(31)16(4)35-24)36-26(5,6)37-23/h9,12,14-19,21-24,31H,7-8,10-11,13H2,1-6H3,(H,32,33)/t15?,16-,17?,18?,19?,21-,22+,23+,24-,27?,28?,29?/m1/s1. The molecule has 2 saturated heterocycles. The van der Waals surface area contributed by atoms with Crippen molar-refractivity contribution in [3.8, 4) is 0 Å². The third kappa shape index (κ3) is 3.02. The first kappa shape index (κ1) is 25.9. The number of aliphatic hydroxyl groups is 1. The molecular weight excluding hydrogens is 476 g/mol. The second kappa shape index (κ2) is 8.10. The molecule has 0 amide bonds. The molecule has 37 heavy (non-hydrogen) atoms. The Kier molecular flexibility index (Phi) is 5.68. The number of hydrogen-bond donors (Lipinski definition) is 2. The molecule has 2 heterocycles. The summed E-state index contributed by atoms with van der Waals surface area (Å²) in [4.78, 5) is 26.8. The number of carbonyl (C=O) groups excluding carboxylic acids is 1. The van der Waals surface area contributed by atoms with Crippen LogP contribution in [0.2, 0.25) is 0 Å². The van der Waals surface area contributed by atoms with Crippen molar-refractivity contribution in [1.29, 1.82) is 0 Å². The Morgan fingerprint density at radius 2 is 1.89 bits per heavy atom. The van der Waals surface area contributed by atoms with Crippen molar-refractivity contribution < 1.29 is 38.7 Å². The third-order valence-corrected chi connectivity index (χ3v) is 11.2. The number of ether oxygens (including phenoxy) is 4. The second-order valence-corrected chi connectivity index (χ2v) is 13.6. The second-order valence-electron chi connectivity index (χ2n) is 13.6. The molecule has 206 valence electrons. The number of carbonyl (C=O) groups is 2. The normalized spacial score (nSPS) is 53.2. The van der Waals surface area contributed by atoms with Crippen molar-refractivity contribution in [2.24, 2.45) is 45.8 Å². The Morgan fingerprint density at radius 3 is 2.54 bits per heavy atom. The largest absolute Gasteiger partial charge is 0.481 e. The van der Waals surface area contributed by atoms with Crippen molar-refractivity contribution in [2.75, 3.05) is 6.61 Å². The summed E-state index contributed by atoms with van der Waals surface area (Å²) in [5.41, 5.74) is -2.08. The van der Waals surface area contributed by atoms with Crippen molar-refractivity contribution in [2.45, 2.75) is 104 Å². The van der Waals surface area contributed by atoms with Crippen LogP contribution in [-0.2, 0) is 28.5 Å². The number of aldehydes is 1. The zero-order valence-electron chi connectivity index (χ0n) is 22.8. The molecule has 6 rings (SSSR count). The molecule has 0 spiro atoms. The van der Waals surface area contributed by atoms with E-state index in [0.29, 0.717) is 12.3 Å². The van der Waals surface area contributed by atoms with E-state index in [-0.39, 0.29) is 30.3 Å². The van der Waals surface area contributed by atoms with Crippen LogP contribution in [0.3, 0.4) is 0 Å². The number of rotatable bonds is 6. The van der Waals surface area contributed by atoms with E-state index in [9.17, 15) is 19.8 Å². The Bertz CT molecular complexity index is 1020. The molecule has 8 heteroatoms. The number of hydrogen-bond acceptors (Lipinski definition) is 7. The van der Waals surface area contributed by atoms with Gasteiger partial charge < -0.3 is 34.0 Å². The maximum Gasteiger partial charge on any atom is 0.315 e. The van der Waals surface area contributed by atoms with Crippen LogP contribution in [0.15, 0.2) is 11.6 Å². The highest BCUT2D eigenvalue weighted by molar-refractivity contribution is 5.90. The van der Waals surface area contributed by atoms with Gasteiger partial charge in [-0.05, 0) is 69.6 Å². The molecule has 7 unspecified atom stereocenters. The number of aliphatic carboxylic acids is 1. The minimum Gasteiger partial charge on any atom is -0.481 e. The van der Waals surface area contributed by atoms with Crippen LogP contribution < -0.4 is 0 Å². The van der Waals surface area contributed by atoms with Gasteiger partial charge in [-0.15, -0.1) is 0 Å². The monoisotopic (exact) mass is 518 g/mol. The lowest BCUT2D eigenvalue weighted by atomic mass is 9.43. The van der Waals surface area contributed by atoms with E-state index in [1.165, 1.54) is 0 Å². The molecule has 0 aromatic rings. The average molecular weight is 519 g/mol. The first-order chi connectivity index (χ1) is 17.3. The predicted octanol–water partition coefficient (Wildman–Crippen LogP) is 3.55. The zero-order chi connectivity index (χ0) is 26.7. The fraction of sp³-hybridized carbons (Fsp3) is 0.862. The molecule has 6 aliphatic rings. The van der Waals surface area contributed by atoms with Gasteiger partial charge in [-0.3, -0.25) is 4.79 Å². The molecule has 8 nitrogen and oxygen atoms in total. The van der Waals surface area contributed by atoms with Gasteiger partial charge in [0.15, 0.2) is 12.1 Å². The van der Waals surface area contributed by atoms with Crippen molar-refractivity contribution in [3.05, 3.63) is 11.6 Å². The van der Waals surface area contributed by atoms with Gasteiger partial charge in [-0.25, -0.2) is 0 Å². The summed E-state index contributed by atoms with van der Waals surface area (Å²) in [6.07, 6.45) is 2.99. The lowest BCUT2D eigenvalue weighted by Gasteiger charge is -2.58. The molecule has 4 bridgehead atoms. The van der Waals surface area contributed by atoms with Gasteiger partial charge in [0.05, 0.1) is 18.1 Å². The van der Waals surface area contributed by atoms with Gasteiger partial charge in [-0.2, -0.15) is 0 Å². The van der Waals surface area contributed by atoms with Crippen molar-refractivity contribution in [1.82, 2.24) is 0 Å². The lowest BCUT2D eigenvalue weighted by Crippen LogP contribution is -2.64. The van der Waals surface area contributed by atoms with E-state index in [0.717, 1.165) is 31.1 Å². The fourth-order valence-electron chi connectivity index (χ4n) is 9.93. The SMILES string of the molecule is CC(C)C1=CC2CC3(C=O)C4CCC(C)C4CC2(CO[C@@H]2O[C@H](C)[C@@H](O)[C@@H]4OC(C)(C)O[C@H]24)C13C(=O)O. The summed E-state index contributed by atoms with van der Waals surface area (Å²) in [5.74, 6) is -1.03. The molecule has 2 aliphatic heterocycles. The van der Waals surface area contributed by atoms with Crippen LogP contribution >= 0.6 is 0 Å². The topological polar surface area (TPSA) is 112 Å². The van der Waals surface area contributed by atoms with E-state index in [1.54, 1.807) is 20.8 Å². The van der Waals surface area contributed by atoms with Crippen LogP contribution in [0, 0.1) is 45.8 Å². The van der Waals surface area contributed by atoms with Crippen LogP contribution in [-0.4, -0.2) is 65.6 Å². The van der Waals surface area contributed by atoms with Crippen LogP contribution in [0.4, 0.5) is 0 Å². The first-order valence-electron chi connectivity index (χ1n) is 14.1. The minimum absolute atomic E-state index is 0.00771. The highest BCUT2D eigenvalue weighted by Crippen LogP contribution is 2.82. The van der Waals surface area contributed by atoms with Gasteiger partial charge in [0.25, 0.3) is 0 Å². The fourth-order valence-corrected chi connectivity index (χ4v) is 9.93. The molecule has 2 N–H and O–H groups in total. The minimum atomic E-state index is -1.29. The van der Waals surface area contributed by atoms with E-state index < -0.39 is 58.7 Å². The van der Waals surface area contributed by atoms with Gasteiger partial charge >= 0.3 is 5.97 Å². The molecule has 12 atom stereocenters. The van der Waals surface area contributed by atoms with Crippen LogP contribution in [0.25, 0.3) is 0 Å². The third-order valence-electron chi connectivity index (χ3n) is 11.2. The Balaban J connectivity index is 1.41. The molecule has 5 fully saturated rings. The number of carboxylic acids is 1. The van der Waals surface area contributed by atoms with E-state index in [2.05, 4.69) is 13.0 Å². The lowest BCUT2D eigenvalue weighted by molar-refractivity contribution is -0.285. The summed E-state index contributed by atoms with van der Waals surface area (Å²) < 4.78 is 24.8. The highest BCUT2D eigenvalue weighted by Gasteiger charge is 2.84. The maximum atomic E-state index is 13.6. The number of carboxylic acid groups (broad SMARTS) is 1. The Labute approximate surface area is 219 Å². The van der Waals surface area contributed by atoms with Gasteiger partial charge in [0.2, 0.25) is 0 Å². The van der Waals surface area contributed by atoms with Gasteiger partial charge in [0.1, 0.15) is 30.0 Å². The summed E-state index contributed by atoms with van der Waals surface area (Å²) in [6, 6.07) is 0. The first-order valence-corrected chi connectivity index (χ1v) is 14.1. The van der Waals surface area contributed by atoms with E-state index >= 15 is 0 Å². The van der Waals surface area contributed by atoms with Crippen LogP contribution in [0.5, 0.6) is 0 Å². The quantitative estimate of drug-likeness (QED) is 0.406. The molecule has 3 saturated carbocycles. The summed E-state index contributed by atoms with van der Waals surface area (Å²) >= 11 is 0. The molecule has 0 radical (unpaired) electrons. The summed E-state index contributed by atoms with van der Waals surface area (Å²) in [7, 11) is 0. The summed E-state index contributed by atoms with van der Waals surface area (Å²) in [6.45, 7) is 11.9. The van der Waals surface area contributed by atoms with E-state index in [1.807, 2.05) is 13.8 Å². The maximum absolute atomic E-state index is 13.6. The van der Waals surface area contributed by atoms with Crippen molar-refractivity contribution >= 4 is 12.3 Å². The highest BCUT2D eigenvalue weighted by atomic mass is 16.8. The van der Waals surface area contributed by atoms with Gasteiger partial charge in [-0.1, -0.05) is 38.8 Å². The molecule has 0 aromatic heterocycles. The summed E-state index contributed by atoms with van der Waals surface area (Å²) in [5, 5.41) is 21.8. The van der Waals surface area contributed by atoms with Gasteiger partial charge in [0, 0.05) is 5.41 Å². The smallest absolute Gasteiger partial charge is 0.315 e. The molecule has 0 aromatic carbocycles. The van der Waals surface area contributed by atoms with Crippen LogP contribution in [0.1, 0.15) is 67.2 Å². The van der Waals surface area contributed by atoms with Crippen molar-refractivity contribution in [3.63, 3.8) is 0 Å². The number of aliphatic hydroxyl groups excluding tert-OH is 1. The zero-order valence-corrected chi connectivity index (χ0v) is 22.8. The average Bonchev–Trinajstić information content (AvgIpc) is 3.50. The predicted molar refractivity (Wildman–Crippen MR) is 132 cm³/mol. The van der Waals surface area contributed by atoms with E-state index in [4.69, 9.17) is 18.9 Å². The molecular formula is C29H42O8. The Hall–Kier alpha value is -1.32. The Morgan fingerprint density at radius 1 is 1.19 bits per heavy atom. The molecule has 4 aliphatic carbocycles. The number of allylic oxidation sites excluding steroid dienone is 1.